The van der Waals surface area contributed by atoms with Crippen molar-refractivity contribution < 1.29 is 14.6 Å². The summed E-state index contributed by atoms with van der Waals surface area (Å²) in [4.78, 5) is 14.5. The van der Waals surface area contributed by atoms with Crippen molar-refractivity contribution in [1.82, 2.24) is 15.1 Å². The first kappa shape index (κ1) is 18.9. The van der Waals surface area contributed by atoms with Crippen LogP contribution in [0, 0.1) is 6.92 Å². The SMILES string of the molecule is Cc1nnc(NC(=O)c2cccc(CN3C[C@H](OC(C)C)[C@@H](O)C3)c2)s1. The van der Waals surface area contributed by atoms with E-state index in [2.05, 4.69) is 20.4 Å². The van der Waals surface area contributed by atoms with Gasteiger partial charge in [0.2, 0.25) is 5.13 Å². The quantitative estimate of drug-likeness (QED) is 0.802. The zero-order valence-electron chi connectivity index (χ0n) is 15.2. The van der Waals surface area contributed by atoms with Gasteiger partial charge < -0.3 is 9.84 Å². The number of aliphatic hydroxyl groups excluding tert-OH is 1. The first-order chi connectivity index (χ1) is 12.4. The van der Waals surface area contributed by atoms with E-state index in [0.29, 0.717) is 30.3 Å². The fraction of sp³-hybridized carbons (Fsp3) is 0.500. The molecule has 1 fully saturated rings. The number of nitrogens with one attached hydrogen (secondary N) is 1. The number of amides is 1. The minimum Gasteiger partial charge on any atom is -0.389 e. The highest BCUT2D eigenvalue weighted by atomic mass is 32.1. The molecule has 1 aliphatic rings. The van der Waals surface area contributed by atoms with Crippen LogP contribution in [0.3, 0.4) is 0 Å². The zero-order chi connectivity index (χ0) is 18.7. The molecule has 1 aliphatic heterocycles. The van der Waals surface area contributed by atoms with E-state index >= 15 is 0 Å². The number of ether oxygens (including phenoxy) is 1. The molecule has 2 N–H and O–H groups in total. The molecule has 26 heavy (non-hydrogen) atoms. The van der Waals surface area contributed by atoms with Crippen molar-refractivity contribution in [2.24, 2.45) is 0 Å². The van der Waals surface area contributed by atoms with Crippen molar-refractivity contribution in [1.29, 1.82) is 0 Å². The average Bonchev–Trinajstić information content (AvgIpc) is 3.13. The molecule has 1 aromatic carbocycles. The molecule has 2 heterocycles. The van der Waals surface area contributed by atoms with E-state index in [0.717, 1.165) is 10.6 Å². The van der Waals surface area contributed by atoms with E-state index in [1.165, 1.54) is 11.3 Å². The van der Waals surface area contributed by atoms with Crippen LogP contribution >= 0.6 is 11.3 Å². The number of likely N-dealkylation sites (tertiary alicyclic amines) is 1. The Kier molecular flexibility index (Phi) is 5.98. The number of aliphatic hydroxyl groups is 1. The predicted molar refractivity (Wildman–Crippen MR) is 100 cm³/mol. The van der Waals surface area contributed by atoms with Crippen molar-refractivity contribution >= 4 is 22.4 Å². The minimum absolute atomic E-state index is 0.0885. The Labute approximate surface area is 157 Å². The highest BCUT2D eigenvalue weighted by Crippen LogP contribution is 2.19. The number of aryl methyl sites for hydroxylation is 1. The number of anilines is 1. The summed E-state index contributed by atoms with van der Waals surface area (Å²) in [7, 11) is 0. The van der Waals surface area contributed by atoms with Crippen molar-refractivity contribution in [2.45, 2.75) is 45.6 Å². The van der Waals surface area contributed by atoms with Crippen LogP contribution in [0.2, 0.25) is 0 Å². The average molecular weight is 376 g/mol. The van der Waals surface area contributed by atoms with Gasteiger partial charge in [0.05, 0.1) is 18.3 Å². The van der Waals surface area contributed by atoms with E-state index in [4.69, 9.17) is 4.74 Å². The largest absolute Gasteiger partial charge is 0.389 e. The van der Waals surface area contributed by atoms with Gasteiger partial charge in [0.25, 0.3) is 5.91 Å². The molecule has 8 heteroatoms. The molecule has 0 bridgehead atoms. The summed E-state index contributed by atoms with van der Waals surface area (Å²) in [6, 6.07) is 7.49. The number of hydrogen-bond donors (Lipinski definition) is 2. The van der Waals surface area contributed by atoms with Crippen LogP contribution < -0.4 is 5.32 Å². The molecule has 0 aliphatic carbocycles. The summed E-state index contributed by atoms with van der Waals surface area (Å²) in [6.45, 7) is 7.69. The highest BCUT2D eigenvalue weighted by Gasteiger charge is 2.32. The maximum absolute atomic E-state index is 12.4. The molecule has 7 nitrogen and oxygen atoms in total. The molecule has 0 radical (unpaired) electrons. The van der Waals surface area contributed by atoms with Gasteiger partial charge in [-0.2, -0.15) is 0 Å². The molecule has 2 aromatic rings. The summed E-state index contributed by atoms with van der Waals surface area (Å²) in [5.74, 6) is -0.203. The molecule has 0 saturated carbocycles. The summed E-state index contributed by atoms with van der Waals surface area (Å²) < 4.78 is 5.75. The number of hydrogen-bond acceptors (Lipinski definition) is 7. The van der Waals surface area contributed by atoms with E-state index in [1.54, 1.807) is 6.07 Å². The van der Waals surface area contributed by atoms with Gasteiger partial charge in [-0.15, -0.1) is 10.2 Å². The number of β-amino-alcohol motifs (C(OH)–C–C–N with tert-alkyl or cyclic N) is 1. The van der Waals surface area contributed by atoms with Crippen LogP contribution in [0.25, 0.3) is 0 Å². The number of carbonyl (C=O) groups is 1. The van der Waals surface area contributed by atoms with Crippen molar-refractivity contribution in [3.05, 3.63) is 40.4 Å². The van der Waals surface area contributed by atoms with Gasteiger partial charge in [0.15, 0.2) is 0 Å². The Morgan fingerprint density at radius 2 is 2.23 bits per heavy atom. The summed E-state index contributed by atoms with van der Waals surface area (Å²) in [5.41, 5.74) is 1.59. The van der Waals surface area contributed by atoms with Crippen molar-refractivity contribution in [2.75, 3.05) is 18.4 Å². The van der Waals surface area contributed by atoms with Gasteiger partial charge in [-0.05, 0) is 38.5 Å². The number of aromatic nitrogens is 2. The second-order valence-electron chi connectivity index (χ2n) is 6.77. The van der Waals surface area contributed by atoms with Crippen molar-refractivity contribution in [3.63, 3.8) is 0 Å². The first-order valence-corrected chi connectivity index (χ1v) is 9.48. The highest BCUT2D eigenvalue weighted by molar-refractivity contribution is 7.15. The van der Waals surface area contributed by atoms with Crippen LogP contribution in [-0.4, -0.2) is 57.5 Å². The van der Waals surface area contributed by atoms with E-state index < -0.39 is 6.10 Å². The fourth-order valence-corrected chi connectivity index (χ4v) is 3.62. The van der Waals surface area contributed by atoms with Gasteiger partial charge in [0.1, 0.15) is 5.01 Å². The molecule has 0 spiro atoms. The van der Waals surface area contributed by atoms with Gasteiger partial charge >= 0.3 is 0 Å². The van der Waals surface area contributed by atoms with Gasteiger partial charge in [-0.25, -0.2) is 0 Å². The molecule has 0 unspecified atom stereocenters. The molecule has 1 amide bonds. The zero-order valence-corrected chi connectivity index (χ0v) is 16.0. The van der Waals surface area contributed by atoms with Gasteiger partial charge in [-0.1, -0.05) is 23.5 Å². The number of nitrogens with zero attached hydrogens (tertiary/aromatic N) is 3. The number of rotatable bonds is 6. The maximum Gasteiger partial charge on any atom is 0.257 e. The Hall–Kier alpha value is -1.87. The van der Waals surface area contributed by atoms with Crippen LogP contribution in [-0.2, 0) is 11.3 Å². The van der Waals surface area contributed by atoms with E-state index in [1.807, 2.05) is 39.0 Å². The molecule has 2 atom stereocenters. The summed E-state index contributed by atoms with van der Waals surface area (Å²) in [6.07, 6.45) is -0.558. The normalized spacial score (nSPS) is 20.7. The minimum atomic E-state index is -0.482. The van der Waals surface area contributed by atoms with Crippen LogP contribution in [0.5, 0.6) is 0 Å². The second kappa shape index (κ2) is 8.22. The maximum atomic E-state index is 12.4. The van der Waals surface area contributed by atoms with E-state index in [-0.39, 0.29) is 18.1 Å². The van der Waals surface area contributed by atoms with Gasteiger partial charge in [-0.3, -0.25) is 15.0 Å². The molecule has 3 rings (SSSR count). The van der Waals surface area contributed by atoms with Gasteiger partial charge in [0, 0.05) is 25.2 Å². The summed E-state index contributed by atoms with van der Waals surface area (Å²) in [5, 5.41) is 22.0. The molecular weight excluding hydrogens is 352 g/mol. The first-order valence-electron chi connectivity index (χ1n) is 8.67. The molecular formula is C18H24N4O3S. The third kappa shape index (κ3) is 4.85. The molecule has 1 saturated heterocycles. The topological polar surface area (TPSA) is 87.6 Å². The second-order valence-corrected chi connectivity index (χ2v) is 7.95. The number of carbonyl (C=O) groups excluding carboxylic acids is 1. The predicted octanol–water partition coefficient (Wildman–Crippen LogP) is 2.07. The Bertz CT molecular complexity index is 764. The smallest absolute Gasteiger partial charge is 0.257 e. The van der Waals surface area contributed by atoms with E-state index in [9.17, 15) is 9.90 Å². The van der Waals surface area contributed by atoms with Crippen LogP contribution in [0.1, 0.15) is 34.8 Å². The third-order valence-corrected chi connectivity index (χ3v) is 4.86. The molecule has 1 aromatic heterocycles. The Balaban J connectivity index is 1.61. The lowest BCUT2D eigenvalue weighted by Crippen LogP contribution is -2.29. The van der Waals surface area contributed by atoms with Crippen molar-refractivity contribution in [3.8, 4) is 0 Å². The lowest BCUT2D eigenvalue weighted by atomic mass is 10.1. The Morgan fingerprint density at radius 3 is 2.92 bits per heavy atom. The Morgan fingerprint density at radius 1 is 1.42 bits per heavy atom. The standard InChI is InChI=1S/C18H24N4O3S/c1-11(2)25-16-10-22(9-15(16)23)8-13-5-4-6-14(7-13)17(24)19-18-21-20-12(3)26-18/h4-7,11,15-16,23H,8-10H2,1-3H3,(H,19,21,24)/t15-,16-/m0/s1. The van der Waals surface area contributed by atoms with Crippen LogP contribution in [0.4, 0.5) is 5.13 Å². The monoisotopic (exact) mass is 376 g/mol. The lowest BCUT2D eigenvalue weighted by Gasteiger charge is -2.18. The van der Waals surface area contributed by atoms with Crippen LogP contribution in [0.15, 0.2) is 24.3 Å². The third-order valence-electron chi connectivity index (χ3n) is 4.10. The number of benzene rings is 1. The lowest BCUT2D eigenvalue weighted by molar-refractivity contribution is -0.0396. The summed E-state index contributed by atoms with van der Waals surface area (Å²) >= 11 is 1.34. The fourth-order valence-electron chi connectivity index (χ4n) is 3.03. The molecule has 140 valence electrons.